The van der Waals surface area contributed by atoms with Gasteiger partial charge in [-0.2, -0.15) is 0 Å². The van der Waals surface area contributed by atoms with Crippen LogP contribution < -0.4 is 11.5 Å². The fourth-order valence-electron chi connectivity index (χ4n) is 0.839. The van der Waals surface area contributed by atoms with Crippen LogP contribution in [0.25, 0.3) is 0 Å². The highest BCUT2D eigenvalue weighted by molar-refractivity contribution is 5.85. The van der Waals surface area contributed by atoms with Gasteiger partial charge in [0.05, 0.1) is 6.04 Å². The zero-order chi connectivity index (χ0) is 8.27. The summed E-state index contributed by atoms with van der Waals surface area (Å²) in [6, 6.07) is 3.42. The monoisotopic (exact) mass is 185 g/mol. The van der Waals surface area contributed by atoms with Crippen molar-refractivity contribution in [2.45, 2.75) is 6.04 Å². The predicted octanol–water partition coefficient (Wildman–Crippen LogP) is 1.27. The number of nitrogen functional groups attached to an aromatic ring is 1. The minimum atomic E-state index is -0.219. The van der Waals surface area contributed by atoms with Crippen LogP contribution in [-0.2, 0) is 0 Å². The summed E-state index contributed by atoms with van der Waals surface area (Å²) in [7, 11) is 0. The van der Waals surface area contributed by atoms with Gasteiger partial charge in [-0.15, -0.1) is 19.0 Å². The molecule has 0 saturated heterocycles. The first-order valence-electron chi connectivity index (χ1n) is 3.34. The van der Waals surface area contributed by atoms with Crippen LogP contribution in [-0.4, -0.2) is 4.98 Å². The number of halogens is 1. The van der Waals surface area contributed by atoms with Crippen molar-refractivity contribution in [2.75, 3.05) is 5.73 Å². The second-order valence-corrected chi connectivity index (χ2v) is 2.24. The maximum Gasteiger partial charge on any atom is 0.128 e. The molecule has 0 unspecified atom stereocenters. The van der Waals surface area contributed by atoms with Crippen molar-refractivity contribution >= 4 is 18.2 Å². The van der Waals surface area contributed by atoms with Crippen molar-refractivity contribution in [3.8, 4) is 0 Å². The molecule has 0 aliphatic rings. The molecule has 0 spiro atoms. The van der Waals surface area contributed by atoms with E-state index in [0.29, 0.717) is 5.82 Å². The molecule has 66 valence electrons. The lowest BCUT2D eigenvalue weighted by atomic mass is 10.1. The van der Waals surface area contributed by atoms with Crippen LogP contribution >= 0.6 is 12.4 Å². The summed E-state index contributed by atoms with van der Waals surface area (Å²) in [4.78, 5) is 3.90. The highest BCUT2D eigenvalue weighted by atomic mass is 35.5. The number of hydrogen-bond acceptors (Lipinski definition) is 3. The Hall–Kier alpha value is -1.06. The third-order valence-electron chi connectivity index (χ3n) is 1.48. The standard InChI is InChI=1S/C8H11N3.ClH/c1-2-7(9)6-4-3-5-11-8(6)10;/h2-5,7H,1,9H2,(H2,10,11);1H/t7-;/m0./s1. The van der Waals surface area contributed by atoms with Gasteiger partial charge in [-0.05, 0) is 6.07 Å². The summed E-state index contributed by atoms with van der Waals surface area (Å²) in [6.07, 6.45) is 3.27. The molecule has 0 bridgehead atoms. The first-order valence-corrected chi connectivity index (χ1v) is 3.34. The first-order chi connectivity index (χ1) is 5.25. The van der Waals surface area contributed by atoms with Gasteiger partial charge in [0.2, 0.25) is 0 Å². The molecule has 0 fully saturated rings. The lowest BCUT2D eigenvalue weighted by molar-refractivity contribution is 0.909. The van der Waals surface area contributed by atoms with E-state index in [9.17, 15) is 0 Å². The Morgan fingerprint density at radius 3 is 2.75 bits per heavy atom. The molecule has 0 amide bonds. The maximum absolute atomic E-state index is 5.66. The molecule has 0 saturated carbocycles. The lowest BCUT2D eigenvalue weighted by Crippen LogP contribution is -2.09. The number of aromatic nitrogens is 1. The van der Waals surface area contributed by atoms with Crippen molar-refractivity contribution < 1.29 is 0 Å². The van der Waals surface area contributed by atoms with Gasteiger partial charge in [0.25, 0.3) is 0 Å². The Kier molecular flexibility index (Phi) is 4.33. The largest absolute Gasteiger partial charge is 0.383 e. The molecule has 1 heterocycles. The maximum atomic E-state index is 5.66. The third kappa shape index (κ3) is 2.22. The van der Waals surface area contributed by atoms with Gasteiger partial charge in [0.15, 0.2) is 0 Å². The quantitative estimate of drug-likeness (QED) is 0.683. The Labute approximate surface area is 77.9 Å². The molecule has 0 radical (unpaired) electrons. The summed E-state index contributed by atoms with van der Waals surface area (Å²) in [6.45, 7) is 3.57. The van der Waals surface area contributed by atoms with Gasteiger partial charge in [-0.25, -0.2) is 4.98 Å². The second kappa shape index (κ2) is 4.74. The molecule has 1 atom stereocenters. The van der Waals surface area contributed by atoms with E-state index in [0.717, 1.165) is 5.56 Å². The highest BCUT2D eigenvalue weighted by Gasteiger charge is 2.04. The summed E-state index contributed by atoms with van der Waals surface area (Å²) in [5.74, 6) is 0.472. The first kappa shape index (κ1) is 10.9. The van der Waals surface area contributed by atoms with Gasteiger partial charge in [-0.1, -0.05) is 12.1 Å². The van der Waals surface area contributed by atoms with E-state index >= 15 is 0 Å². The van der Waals surface area contributed by atoms with E-state index in [1.807, 2.05) is 6.07 Å². The molecule has 0 aliphatic carbocycles. The van der Waals surface area contributed by atoms with Crippen LogP contribution in [0.2, 0.25) is 0 Å². The Balaban J connectivity index is 0.00000121. The molecule has 4 heteroatoms. The average Bonchev–Trinajstić information content (AvgIpc) is 2.04. The molecular weight excluding hydrogens is 174 g/mol. The minimum absolute atomic E-state index is 0. The SMILES string of the molecule is C=C[C@H](N)c1cccnc1N.Cl. The Bertz CT molecular complexity index is 262. The van der Waals surface area contributed by atoms with Gasteiger partial charge in [-0.3, -0.25) is 0 Å². The number of hydrogen-bond donors (Lipinski definition) is 2. The second-order valence-electron chi connectivity index (χ2n) is 2.24. The zero-order valence-corrected chi connectivity index (χ0v) is 7.42. The molecule has 0 aromatic carbocycles. The van der Waals surface area contributed by atoms with Gasteiger partial charge < -0.3 is 11.5 Å². The number of nitrogens with two attached hydrogens (primary N) is 2. The van der Waals surface area contributed by atoms with E-state index in [2.05, 4.69) is 11.6 Å². The molecule has 0 aliphatic heterocycles. The van der Waals surface area contributed by atoms with E-state index in [1.165, 1.54) is 0 Å². The third-order valence-corrected chi connectivity index (χ3v) is 1.48. The summed E-state index contributed by atoms with van der Waals surface area (Å²) < 4.78 is 0. The number of rotatable bonds is 2. The van der Waals surface area contributed by atoms with Crippen LogP contribution in [0.1, 0.15) is 11.6 Å². The topological polar surface area (TPSA) is 64.9 Å². The van der Waals surface area contributed by atoms with Crippen LogP contribution in [0.4, 0.5) is 5.82 Å². The smallest absolute Gasteiger partial charge is 0.128 e. The highest BCUT2D eigenvalue weighted by Crippen LogP contribution is 2.15. The van der Waals surface area contributed by atoms with Crippen LogP contribution in [0.15, 0.2) is 31.0 Å². The van der Waals surface area contributed by atoms with Crippen molar-refractivity contribution in [1.29, 1.82) is 0 Å². The van der Waals surface area contributed by atoms with Crippen molar-refractivity contribution in [2.24, 2.45) is 5.73 Å². The van der Waals surface area contributed by atoms with E-state index in [-0.39, 0.29) is 18.4 Å². The molecule has 12 heavy (non-hydrogen) atoms. The number of anilines is 1. The number of nitrogens with zero attached hydrogens (tertiary/aromatic N) is 1. The Morgan fingerprint density at radius 2 is 2.25 bits per heavy atom. The van der Waals surface area contributed by atoms with E-state index in [1.54, 1.807) is 18.3 Å². The fraction of sp³-hybridized carbons (Fsp3) is 0.125. The summed E-state index contributed by atoms with van der Waals surface area (Å²) in [5.41, 5.74) is 12.0. The minimum Gasteiger partial charge on any atom is -0.383 e. The zero-order valence-electron chi connectivity index (χ0n) is 6.60. The van der Waals surface area contributed by atoms with Crippen LogP contribution in [0.3, 0.4) is 0 Å². The average molecular weight is 186 g/mol. The summed E-state index contributed by atoms with van der Waals surface area (Å²) >= 11 is 0. The van der Waals surface area contributed by atoms with Gasteiger partial charge >= 0.3 is 0 Å². The van der Waals surface area contributed by atoms with Crippen LogP contribution in [0, 0.1) is 0 Å². The van der Waals surface area contributed by atoms with Crippen molar-refractivity contribution in [1.82, 2.24) is 4.98 Å². The summed E-state index contributed by atoms with van der Waals surface area (Å²) in [5, 5.41) is 0. The van der Waals surface area contributed by atoms with Gasteiger partial charge in [0, 0.05) is 11.8 Å². The lowest BCUT2D eigenvalue weighted by Gasteiger charge is -2.07. The molecule has 1 rings (SSSR count). The normalized spacial score (nSPS) is 11.4. The van der Waals surface area contributed by atoms with E-state index < -0.39 is 0 Å². The molecule has 4 N–H and O–H groups in total. The fourth-order valence-corrected chi connectivity index (χ4v) is 0.839. The van der Waals surface area contributed by atoms with E-state index in [4.69, 9.17) is 11.5 Å². The van der Waals surface area contributed by atoms with Crippen molar-refractivity contribution in [3.63, 3.8) is 0 Å². The Morgan fingerprint density at radius 1 is 1.58 bits per heavy atom. The molecule has 1 aromatic heterocycles. The van der Waals surface area contributed by atoms with Crippen LogP contribution in [0.5, 0.6) is 0 Å². The van der Waals surface area contributed by atoms with Crippen molar-refractivity contribution in [3.05, 3.63) is 36.5 Å². The molecular formula is C8H12ClN3. The predicted molar refractivity (Wildman–Crippen MR) is 53.0 cm³/mol. The molecule has 1 aromatic rings. The van der Waals surface area contributed by atoms with Gasteiger partial charge in [0.1, 0.15) is 5.82 Å². The molecule has 3 nitrogen and oxygen atoms in total. The number of pyridine rings is 1.